The lowest BCUT2D eigenvalue weighted by Gasteiger charge is -2.18. The maximum absolute atomic E-state index is 11.9. The first-order chi connectivity index (χ1) is 22.4. The number of phenolic OH excluding ortho intramolecular Hbond substituents is 1. The quantitative estimate of drug-likeness (QED) is 0.124. The number of ether oxygens (including phenoxy) is 1. The molecule has 0 spiro atoms. The van der Waals surface area contributed by atoms with E-state index >= 15 is 0 Å². The number of methoxy groups -OCH3 is 1. The summed E-state index contributed by atoms with van der Waals surface area (Å²) in [6.45, 7) is 10.4. The van der Waals surface area contributed by atoms with E-state index in [9.17, 15) is 14.4 Å². The summed E-state index contributed by atoms with van der Waals surface area (Å²) in [4.78, 5) is 35.7. The van der Waals surface area contributed by atoms with Gasteiger partial charge in [0, 0.05) is 11.4 Å². The molecule has 0 unspecified atom stereocenters. The van der Waals surface area contributed by atoms with Crippen LogP contribution >= 0.6 is 23.2 Å². The van der Waals surface area contributed by atoms with E-state index in [1.165, 1.54) is 19.2 Å². The molecule has 47 heavy (non-hydrogen) atoms. The van der Waals surface area contributed by atoms with E-state index in [0.29, 0.717) is 33.5 Å². The highest BCUT2D eigenvalue weighted by molar-refractivity contribution is 6.39. The summed E-state index contributed by atoms with van der Waals surface area (Å²) in [5.41, 5.74) is 5.28. The van der Waals surface area contributed by atoms with Crippen molar-refractivity contribution in [1.82, 2.24) is 4.90 Å². The van der Waals surface area contributed by atoms with Gasteiger partial charge in [0.05, 0.1) is 35.8 Å². The van der Waals surface area contributed by atoms with Gasteiger partial charge in [-0.3, -0.25) is 14.5 Å². The number of phenols is 1. The van der Waals surface area contributed by atoms with Gasteiger partial charge in [0.2, 0.25) is 5.91 Å². The second kappa shape index (κ2) is 19.8. The van der Waals surface area contributed by atoms with Crippen LogP contribution in [0.25, 0.3) is 0 Å². The number of hydrogen-bond acceptors (Lipinski definition) is 7. The Balaban J connectivity index is 0.000000254. The Morgan fingerprint density at radius 3 is 1.89 bits per heavy atom. The van der Waals surface area contributed by atoms with Crippen LogP contribution < -0.4 is 10.6 Å². The monoisotopic (exact) mass is 681 g/mol. The number of rotatable bonds is 10. The molecule has 11 heteroatoms. The number of aliphatic carboxylic acids is 1. The standard InChI is InChI=1S/C14H11Cl2NO2.C14H22N2O.C8H8O3/c15-10-5-3-6-11(16)14(10)17-12-7-2-1-4-9(12)8-13(18)19;1-5-16(6-2)10-13(17)15-14-11(3)8-7-9-12(14)4;1-11-8(10)6-4-2-3-5-7(6)9/h1-7,17H,8H2,(H,18,19);7-9H,5-6,10H2,1-4H3,(H,15,17);2-5,9H,1H3. The first kappa shape index (κ1) is 38.6. The van der Waals surface area contributed by atoms with Crippen LogP contribution in [0.4, 0.5) is 17.1 Å². The molecule has 4 aromatic carbocycles. The van der Waals surface area contributed by atoms with Crippen LogP contribution in [-0.4, -0.2) is 59.7 Å². The van der Waals surface area contributed by atoms with Gasteiger partial charge in [0.25, 0.3) is 0 Å². The van der Waals surface area contributed by atoms with Gasteiger partial charge in [-0.25, -0.2) is 4.79 Å². The van der Waals surface area contributed by atoms with E-state index in [0.717, 1.165) is 29.9 Å². The normalized spacial score (nSPS) is 10.1. The number of hydrogen-bond donors (Lipinski definition) is 4. The minimum atomic E-state index is -0.889. The highest BCUT2D eigenvalue weighted by Gasteiger charge is 2.12. The number of carboxylic acids is 1. The van der Waals surface area contributed by atoms with Gasteiger partial charge in [-0.1, -0.05) is 91.6 Å². The predicted octanol–water partition coefficient (Wildman–Crippen LogP) is 8.13. The molecule has 4 aromatic rings. The third kappa shape index (κ3) is 12.6. The molecule has 1 amide bonds. The number of esters is 1. The Morgan fingerprint density at radius 1 is 0.787 bits per heavy atom. The lowest BCUT2D eigenvalue weighted by Crippen LogP contribution is -2.33. The lowest BCUT2D eigenvalue weighted by atomic mass is 10.1. The number of anilines is 3. The van der Waals surface area contributed by atoms with Crippen molar-refractivity contribution in [3.8, 4) is 5.75 Å². The minimum Gasteiger partial charge on any atom is -0.507 e. The van der Waals surface area contributed by atoms with Crippen molar-refractivity contribution in [3.05, 3.63) is 117 Å². The molecule has 0 fully saturated rings. The fraction of sp³-hybridized carbons (Fsp3) is 0.250. The van der Waals surface area contributed by atoms with Crippen LogP contribution in [0, 0.1) is 13.8 Å². The Labute approximate surface area is 286 Å². The highest BCUT2D eigenvalue weighted by Crippen LogP contribution is 2.33. The summed E-state index contributed by atoms with van der Waals surface area (Å²) >= 11 is 12.1. The van der Waals surface area contributed by atoms with E-state index in [1.54, 1.807) is 48.5 Å². The number of halogens is 2. The van der Waals surface area contributed by atoms with Crippen molar-refractivity contribution in [2.45, 2.75) is 34.1 Å². The van der Waals surface area contributed by atoms with Gasteiger partial charge in [0.1, 0.15) is 11.3 Å². The molecule has 0 aliphatic carbocycles. The van der Waals surface area contributed by atoms with Gasteiger partial charge in [-0.2, -0.15) is 0 Å². The summed E-state index contributed by atoms with van der Waals surface area (Å²) in [7, 11) is 1.27. The molecule has 9 nitrogen and oxygen atoms in total. The van der Waals surface area contributed by atoms with Crippen molar-refractivity contribution >= 4 is 58.1 Å². The van der Waals surface area contributed by atoms with Crippen LogP contribution in [0.2, 0.25) is 10.0 Å². The molecule has 0 bridgehead atoms. The number of nitrogens with one attached hydrogen (secondary N) is 2. The zero-order valence-electron chi connectivity index (χ0n) is 27.1. The van der Waals surface area contributed by atoms with E-state index < -0.39 is 11.9 Å². The van der Waals surface area contributed by atoms with Crippen molar-refractivity contribution in [2.24, 2.45) is 0 Å². The smallest absolute Gasteiger partial charge is 0.341 e. The fourth-order valence-corrected chi connectivity index (χ4v) is 4.80. The molecule has 0 aliphatic heterocycles. The van der Waals surface area contributed by atoms with Crippen LogP contribution in [0.15, 0.2) is 84.9 Å². The number of carbonyl (C=O) groups excluding carboxylic acids is 2. The number of nitrogens with zero attached hydrogens (tertiary/aromatic N) is 1. The first-order valence-corrected chi connectivity index (χ1v) is 15.6. The fourth-order valence-electron chi connectivity index (χ4n) is 4.31. The number of amides is 1. The van der Waals surface area contributed by atoms with E-state index in [2.05, 4.69) is 34.1 Å². The molecular weight excluding hydrogens is 641 g/mol. The van der Waals surface area contributed by atoms with Crippen molar-refractivity contribution in [3.63, 3.8) is 0 Å². The third-order valence-corrected chi connectivity index (χ3v) is 7.53. The number of carbonyl (C=O) groups is 3. The van der Waals surface area contributed by atoms with E-state index in [1.807, 2.05) is 38.1 Å². The van der Waals surface area contributed by atoms with Gasteiger partial charge >= 0.3 is 11.9 Å². The average molecular weight is 683 g/mol. The molecule has 0 radical (unpaired) electrons. The molecule has 0 saturated carbocycles. The maximum Gasteiger partial charge on any atom is 0.341 e. The second-order valence-electron chi connectivity index (χ2n) is 10.2. The largest absolute Gasteiger partial charge is 0.507 e. The lowest BCUT2D eigenvalue weighted by molar-refractivity contribution is -0.136. The van der Waals surface area contributed by atoms with Crippen LogP contribution in [-0.2, 0) is 20.7 Å². The number of para-hydroxylation sites is 4. The first-order valence-electron chi connectivity index (χ1n) is 14.9. The number of benzene rings is 4. The number of aromatic hydroxyl groups is 1. The number of likely N-dealkylation sites (N-methyl/N-ethyl adjacent to an activating group) is 1. The zero-order chi connectivity index (χ0) is 34.9. The van der Waals surface area contributed by atoms with E-state index in [-0.39, 0.29) is 23.6 Å². The van der Waals surface area contributed by atoms with Gasteiger partial charge in [0.15, 0.2) is 0 Å². The molecule has 0 aliphatic rings. The molecule has 4 N–H and O–H groups in total. The molecule has 4 rings (SSSR count). The minimum absolute atomic E-state index is 0.0562. The maximum atomic E-state index is 11.9. The molecule has 0 saturated heterocycles. The Kier molecular flexibility index (Phi) is 16.3. The summed E-state index contributed by atoms with van der Waals surface area (Å²) in [5.74, 6) is -1.41. The summed E-state index contributed by atoms with van der Waals surface area (Å²) in [5, 5.41) is 25.0. The Hall–Kier alpha value is -4.57. The van der Waals surface area contributed by atoms with Crippen LogP contribution in [0.3, 0.4) is 0 Å². The Morgan fingerprint density at radius 2 is 1.34 bits per heavy atom. The van der Waals surface area contributed by atoms with Crippen molar-refractivity contribution in [1.29, 1.82) is 0 Å². The van der Waals surface area contributed by atoms with Crippen molar-refractivity contribution < 1.29 is 29.3 Å². The zero-order valence-corrected chi connectivity index (χ0v) is 28.7. The van der Waals surface area contributed by atoms with Gasteiger partial charge < -0.3 is 25.6 Å². The van der Waals surface area contributed by atoms with Gasteiger partial charge in [-0.15, -0.1) is 0 Å². The molecular formula is C36H41Cl2N3O6. The summed E-state index contributed by atoms with van der Waals surface area (Å²) in [6, 6.07) is 24.6. The molecule has 250 valence electrons. The SMILES string of the molecule is CCN(CC)CC(=O)Nc1c(C)cccc1C.COC(=O)c1ccccc1O.O=C(O)Cc1ccccc1Nc1c(Cl)cccc1Cl. The topological polar surface area (TPSA) is 128 Å². The summed E-state index contributed by atoms with van der Waals surface area (Å²) < 4.78 is 4.42. The molecule has 0 atom stereocenters. The third-order valence-electron chi connectivity index (χ3n) is 6.90. The van der Waals surface area contributed by atoms with Crippen molar-refractivity contribution in [2.75, 3.05) is 37.4 Å². The predicted molar refractivity (Wildman–Crippen MR) is 189 cm³/mol. The van der Waals surface area contributed by atoms with Crippen LogP contribution in [0.5, 0.6) is 5.75 Å². The van der Waals surface area contributed by atoms with Gasteiger partial charge in [-0.05, 0) is 74.0 Å². The summed E-state index contributed by atoms with van der Waals surface area (Å²) in [6.07, 6.45) is -0.0642. The van der Waals surface area contributed by atoms with E-state index in [4.69, 9.17) is 33.4 Å². The second-order valence-corrected chi connectivity index (χ2v) is 11.0. The number of aryl methyl sites for hydroxylation is 2. The Bertz CT molecular complexity index is 1600. The average Bonchev–Trinajstić information content (AvgIpc) is 3.04. The number of carboxylic acid groups (broad SMARTS) is 1. The molecule has 0 heterocycles. The van der Waals surface area contributed by atoms with Crippen LogP contribution in [0.1, 0.15) is 40.9 Å². The highest BCUT2D eigenvalue weighted by atomic mass is 35.5. The molecule has 0 aromatic heterocycles.